The molecule has 0 radical (unpaired) electrons. The first-order valence-corrected chi connectivity index (χ1v) is 7.10. The number of aromatic carboxylic acids is 1. The van der Waals surface area contributed by atoms with Gasteiger partial charge in [0, 0.05) is 19.0 Å². The van der Waals surface area contributed by atoms with Gasteiger partial charge in [-0.05, 0) is 24.1 Å². The third kappa shape index (κ3) is 4.18. The summed E-state index contributed by atoms with van der Waals surface area (Å²) in [4.78, 5) is 19.7. The molecule has 6 heteroatoms. The van der Waals surface area contributed by atoms with Gasteiger partial charge < -0.3 is 15.2 Å². The fourth-order valence-electron chi connectivity index (χ4n) is 1.96. The Morgan fingerprint density at radius 1 is 1.27 bits per heavy atom. The van der Waals surface area contributed by atoms with Crippen molar-refractivity contribution in [1.82, 2.24) is 9.97 Å². The number of ether oxygens (including phenoxy) is 1. The van der Waals surface area contributed by atoms with Crippen LogP contribution < -0.4 is 10.1 Å². The zero-order valence-electron chi connectivity index (χ0n) is 12.7. The summed E-state index contributed by atoms with van der Waals surface area (Å²) in [6.45, 7) is 2.77. The Kier molecular flexibility index (Phi) is 5.30. The molecule has 0 unspecified atom stereocenters. The van der Waals surface area contributed by atoms with E-state index in [2.05, 4.69) is 15.3 Å². The number of benzene rings is 1. The maximum atomic E-state index is 11.2. The van der Waals surface area contributed by atoms with Gasteiger partial charge in [-0.3, -0.25) is 0 Å². The summed E-state index contributed by atoms with van der Waals surface area (Å²) in [6, 6.07) is 8.98. The second-order valence-corrected chi connectivity index (χ2v) is 4.81. The highest BCUT2D eigenvalue weighted by Gasteiger charge is 2.11. The molecule has 0 aliphatic heterocycles. The molecule has 6 nitrogen and oxygen atoms in total. The van der Waals surface area contributed by atoms with E-state index in [1.807, 2.05) is 31.2 Å². The van der Waals surface area contributed by atoms with E-state index in [4.69, 9.17) is 9.84 Å². The number of carboxylic acid groups (broad SMARTS) is 1. The van der Waals surface area contributed by atoms with Crippen molar-refractivity contribution < 1.29 is 14.6 Å². The number of hydrogen-bond donors (Lipinski definition) is 2. The largest absolute Gasteiger partial charge is 0.497 e. The molecule has 0 spiro atoms. The lowest BCUT2D eigenvalue weighted by molar-refractivity contribution is 0.0690. The minimum atomic E-state index is -1.06. The number of carbonyl (C=O) groups is 1. The number of nitrogens with one attached hydrogen (secondary N) is 1. The van der Waals surface area contributed by atoms with Crippen LogP contribution >= 0.6 is 0 Å². The van der Waals surface area contributed by atoms with Crippen LogP contribution in [0, 0.1) is 0 Å². The van der Waals surface area contributed by atoms with E-state index in [1.165, 1.54) is 6.07 Å². The zero-order chi connectivity index (χ0) is 15.9. The van der Waals surface area contributed by atoms with Crippen LogP contribution in [0.1, 0.15) is 35.2 Å². The molecule has 22 heavy (non-hydrogen) atoms. The van der Waals surface area contributed by atoms with Crippen LogP contribution in [0.5, 0.6) is 5.75 Å². The van der Waals surface area contributed by atoms with Gasteiger partial charge in [0.1, 0.15) is 17.4 Å². The van der Waals surface area contributed by atoms with Crippen molar-refractivity contribution in [2.75, 3.05) is 19.0 Å². The molecule has 1 aromatic carbocycles. The SMILES string of the molecule is CCCNc1cc(C(=O)O)nc(Cc2ccc(OC)cc2)n1. The van der Waals surface area contributed by atoms with Crippen molar-refractivity contribution >= 4 is 11.8 Å². The molecular weight excluding hydrogens is 282 g/mol. The summed E-state index contributed by atoms with van der Waals surface area (Å²) in [7, 11) is 1.61. The highest BCUT2D eigenvalue weighted by molar-refractivity contribution is 5.86. The molecule has 0 amide bonds. The van der Waals surface area contributed by atoms with Gasteiger partial charge in [-0.25, -0.2) is 14.8 Å². The quantitative estimate of drug-likeness (QED) is 0.817. The fraction of sp³-hybridized carbons (Fsp3) is 0.312. The molecule has 0 aliphatic rings. The lowest BCUT2D eigenvalue weighted by Gasteiger charge is -2.08. The van der Waals surface area contributed by atoms with Gasteiger partial charge in [0.15, 0.2) is 5.69 Å². The lowest BCUT2D eigenvalue weighted by Crippen LogP contribution is -2.10. The number of rotatable bonds is 7. The first kappa shape index (κ1) is 15.8. The first-order chi connectivity index (χ1) is 10.6. The first-order valence-electron chi connectivity index (χ1n) is 7.10. The Balaban J connectivity index is 2.23. The maximum absolute atomic E-state index is 11.2. The van der Waals surface area contributed by atoms with Gasteiger partial charge in [-0.2, -0.15) is 0 Å². The van der Waals surface area contributed by atoms with E-state index in [0.29, 0.717) is 18.1 Å². The van der Waals surface area contributed by atoms with Crippen LogP contribution in [0.3, 0.4) is 0 Å². The maximum Gasteiger partial charge on any atom is 0.354 e. The zero-order valence-corrected chi connectivity index (χ0v) is 12.7. The van der Waals surface area contributed by atoms with Crippen molar-refractivity contribution in [1.29, 1.82) is 0 Å². The Labute approximate surface area is 129 Å². The molecule has 0 bridgehead atoms. The molecular formula is C16H19N3O3. The molecule has 1 heterocycles. The fourth-order valence-corrected chi connectivity index (χ4v) is 1.96. The van der Waals surface area contributed by atoms with Gasteiger partial charge in [0.2, 0.25) is 0 Å². The van der Waals surface area contributed by atoms with Crippen molar-refractivity contribution in [3.8, 4) is 5.75 Å². The monoisotopic (exact) mass is 301 g/mol. The summed E-state index contributed by atoms with van der Waals surface area (Å²) in [5, 5.41) is 12.3. The summed E-state index contributed by atoms with van der Waals surface area (Å²) in [5.74, 6) is 0.730. The summed E-state index contributed by atoms with van der Waals surface area (Å²) < 4.78 is 5.11. The van der Waals surface area contributed by atoms with Crippen LogP contribution in [-0.4, -0.2) is 34.7 Å². The molecule has 2 rings (SSSR count). The van der Waals surface area contributed by atoms with E-state index >= 15 is 0 Å². The average Bonchev–Trinajstić information content (AvgIpc) is 2.53. The topological polar surface area (TPSA) is 84.3 Å². The molecule has 0 saturated heterocycles. The Morgan fingerprint density at radius 3 is 2.59 bits per heavy atom. The standard InChI is InChI=1S/C16H19N3O3/c1-3-8-17-14-10-13(16(20)21)18-15(19-14)9-11-4-6-12(22-2)7-5-11/h4-7,10H,3,8-9H2,1-2H3,(H,20,21)(H,17,18,19). The van der Waals surface area contributed by atoms with Crippen LogP contribution in [0.25, 0.3) is 0 Å². The van der Waals surface area contributed by atoms with Crippen LogP contribution in [-0.2, 0) is 6.42 Å². The molecule has 0 saturated carbocycles. The number of aromatic nitrogens is 2. The Hall–Kier alpha value is -2.63. The highest BCUT2D eigenvalue weighted by atomic mass is 16.5. The van der Waals surface area contributed by atoms with Crippen LogP contribution in [0.2, 0.25) is 0 Å². The average molecular weight is 301 g/mol. The molecule has 2 aromatic rings. The number of hydrogen-bond acceptors (Lipinski definition) is 5. The predicted octanol–water partition coefficient (Wildman–Crippen LogP) is 2.60. The van der Waals surface area contributed by atoms with Crippen LogP contribution in [0.4, 0.5) is 5.82 Å². The van der Waals surface area contributed by atoms with E-state index in [1.54, 1.807) is 7.11 Å². The minimum absolute atomic E-state index is 0.00267. The predicted molar refractivity (Wildman–Crippen MR) is 83.6 cm³/mol. The Morgan fingerprint density at radius 2 is 2.00 bits per heavy atom. The van der Waals surface area contributed by atoms with E-state index in [0.717, 1.165) is 24.3 Å². The second-order valence-electron chi connectivity index (χ2n) is 4.81. The van der Waals surface area contributed by atoms with E-state index < -0.39 is 5.97 Å². The van der Waals surface area contributed by atoms with Crippen molar-refractivity contribution in [2.45, 2.75) is 19.8 Å². The summed E-state index contributed by atoms with van der Waals surface area (Å²) >= 11 is 0. The number of nitrogens with zero attached hydrogens (tertiary/aromatic N) is 2. The smallest absolute Gasteiger partial charge is 0.354 e. The number of anilines is 1. The molecule has 0 fully saturated rings. The minimum Gasteiger partial charge on any atom is -0.497 e. The Bertz CT molecular complexity index is 642. The second kappa shape index (κ2) is 7.40. The third-order valence-electron chi connectivity index (χ3n) is 3.07. The van der Waals surface area contributed by atoms with Crippen molar-refractivity contribution in [2.24, 2.45) is 0 Å². The summed E-state index contributed by atoms with van der Waals surface area (Å²) in [6.07, 6.45) is 1.39. The van der Waals surface area contributed by atoms with Gasteiger partial charge >= 0.3 is 5.97 Å². The number of methoxy groups -OCH3 is 1. The molecule has 0 atom stereocenters. The van der Waals surface area contributed by atoms with Gasteiger partial charge in [-0.15, -0.1) is 0 Å². The van der Waals surface area contributed by atoms with Crippen molar-refractivity contribution in [3.63, 3.8) is 0 Å². The molecule has 0 aliphatic carbocycles. The normalized spacial score (nSPS) is 10.3. The van der Waals surface area contributed by atoms with Gasteiger partial charge in [-0.1, -0.05) is 19.1 Å². The number of carboxylic acids is 1. The molecule has 2 N–H and O–H groups in total. The van der Waals surface area contributed by atoms with Crippen molar-refractivity contribution in [3.05, 3.63) is 47.4 Å². The molecule has 116 valence electrons. The highest BCUT2D eigenvalue weighted by Crippen LogP contribution is 2.15. The lowest BCUT2D eigenvalue weighted by atomic mass is 10.1. The van der Waals surface area contributed by atoms with Gasteiger partial charge in [0.05, 0.1) is 7.11 Å². The third-order valence-corrected chi connectivity index (χ3v) is 3.07. The van der Waals surface area contributed by atoms with E-state index in [-0.39, 0.29) is 5.69 Å². The molecule has 1 aromatic heterocycles. The van der Waals surface area contributed by atoms with E-state index in [9.17, 15) is 4.79 Å². The van der Waals surface area contributed by atoms with Crippen LogP contribution in [0.15, 0.2) is 30.3 Å². The summed E-state index contributed by atoms with van der Waals surface area (Å²) in [5.41, 5.74) is 0.988. The van der Waals surface area contributed by atoms with Gasteiger partial charge in [0.25, 0.3) is 0 Å².